The lowest BCUT2D eigenvalue weighted by molar-refractivity contribution is -0.0502. The van der Waals surface area contributed by atoms with Crippen molar-refractivity contribution in [2.24, 2.45) is 10.9 Å². The fourth-order valence-corrected chi connectivity index (χ4v) is 5.37. The Balaban J connectivity index is 1.21. The van der Waals surface area contributed by atoms with E-state index in [1.807, 2.05) is 0 Å². The number of benzene rings is 1. The summed E-state index contributed by atoms with van der Waals surface area (Å²) in [5, 5.41) is 3.56. The van der Waals surface area contributed by atoms with Crippen LogP contribution in [0.3, 0.4) is 0 Å². The Labute approximate surface area is 181 Å². The van der Waals surface area contributed by atoms with Crippen molar-refractivity contribution in [1.82, 2.24) is 20.0 Å². The molecule has 0 spiro atoms. The molecule has 30 heavy (non-hydrogen) atoms. The van der Waals surface area contributed by atoms with Crippen LogP contribution in [0.2, 0.25) is 0 Å². The van der Waals surface area contributed by atoms with Gasteiger partial charge in [-0.25, -0.2) is 0 Å². The van der Waals surface area contributed by atoms with Gasteiger partial charge in [0.25, 0.3) is 0 Å². The van der Waals surface area contributed by atoms with Crippen LogP contribution in [0.25, 0.3) is 0 Å². The van der Waals surface area contributed by atoms with Crippen LogP contribution in [-0.2, 0) is 11.3 Å². The average molecular weight is 412 g/mol. The van der Waals surface area contributed by atoms with Crippen molar-refractivity contribution in [3.05, 3.63) is 35.9 Å². The maximum Gasteiger partial charge on any atom is 0.194 e. The minimum absolute atomic E-state index is 0.281. The highest BCUT2D eigenvalue weighted by Crippen LogP contribution is 2.32. The van der Waals surface area contributed by atoms with Crippen molar-refractivity contribution in [3.63, 3.8) is 0 Å². The van der Waals surface area contributed by atoms with Crippen molar-refractivity contribution in [3.8, 4) is 0 Å². The fraction of sp³-hybridized carbons (Fsp3) is 0.708. The molecule has 3 aliphatic heterocycles. The predicted octanol–water partition coefficient (Wildman–Crippen LogP) is 2.02. The lowest BCUT2D eigenvalue weighted by Gasteiger charge is -2.36. The molecule has 4 aliphatic rings. The van der Waals surface area contributed by atoms with Gasteiger partial charge in [-0.2, -0.15) is 0 Å². The Kier molecular flexibility index (Phi) is 6.25. The van der Waals surface area contributed by atoms with Crippen molar-refractivity contribution in [2.45, 2.75) is 50.9 Å². The normalized spacial score (nSPS) is 30.6. The SMILES string of the molecule is CCNC(=NCC1CCN(C2CC2)C1)N1CC2OCCN(Cc3ccccc3)C2C1. The minimum Gasteiger partial charge on any atom is -0.373 e. The monoisotopic (exact) mass is 411 g/mol. The van der Waals surface area contributed by atoms with Gasteiger partial charge in [-0.05, 0) is 44.2 Å². The first kappa shape index (κ1) is 20.3. The van der Waals surface area contributed by atoms with Crippen molar-refractivity contribution < 1.29 is 4.74 Å². The molecule has 4 fully saturated rings. The first-order chi connectivity index (χ1) is 14.8. The van der Waals surface area contributed by atoms with Gasteiger partial charge in [0.2, 0.25) is 0 Å². The Hall–Kier alpha value is -1.63. The molecule has 6 heteroatoms. The molecule has 1 aliphatic carbocycles. The van der Waals surface area contributed by atoms with Crippen LogP contribution >= 0.6 is 0 Å². The number of likely N-dealkylation sites (tertiary alicyclic amines) is 2. The van der Waals surface area contributed by atoms with Crippen molar-refractivity contribution in [2.75, 3.05) is 52.4 Å². The summed E-state index contributed by atoms with van der Waals surface area (Å²) in [6.45, 7) is 11.3. The van der Waals surface area contributed by atoms with E-state index < -0.39 is 0 Å². The Morgan fingerprint density at radius 3 is 2.77 bits per heavy atom. The zero-order valence-corrected chi connectivity index (χ0v) is 18.4. The number of ether oxygens (including phenoxy) is 1. The van der Waals surface area contributed by atoms with Crippen LogP contribution in [0.5, 0.6) is 0 Å². The van der Waals surface area contributed by atoms with Gasteiger partial charge in [0.15, 0.2) is 5.96 Å². The summed E-state index contributed by atoms with van der Waals surface area (Å²) in [6.07, 6.45) is 4.41. The molecular formula is C24H37N5O. The highest BCUT2D eigenvalue weighted by molar-refractivity contribution is 5.80. The quantitative estimate of drug-likeness (QED) is 0.573. The van der Waals surface area contributed by atoms with Gasteiger partial charge in [0.05, 0.1) is 18.8 Å². The molecule has 1 saturated carbocycles. The van der Waals surface area contributed by atoms with E-state index >= 15 is 0 Å². The summed E-state index contributed by atoms with van der Waals surface area (Å²) in [4.78, 5) is 12.8. The first-order valence-corrected chi connectivity index (χ1v) is 12.0. The average Bonchev–Trinajstić information content (AvgIpc) is 3.34. The number of nitrogens with zero attached hydrogens (tertiary/aromatic N) is 4. The Morgan fingerprint density at radius 2 is 1.97 bits per heavy atom. The summed E-state index contributed by atoms with van der Waals surface area (Å²) in [7, 11) is 0. The topological polar surface area (TPSA) is 43.3 Å². The summed E-state index contributed by atoms with van der Waals surface area (Å²) in [6, 6.07) is 12.2. The second-order valence-electron chi connectivity index (χ2n) is 9.41. The number of rotatable bonds is 6. The largest absolute Gasteiger partial charge is 0.373 e. The number of hydrogen-bond acceptors (Lipinski definition) is 4. The second-order valence-corrected chi connectivity index (χ2v) is 9.41. The van der Waals surface area contributed by atoms with Gasteiger partial charge < -0.3 is 19.9 Å². The van der Waals surface area contributed by atoms with E-state index in [9.17, 15) is 0 Å². The summed E-state index contributed by atoms with van der Waals surface area (Å²) >= 11 is 0. The first-order valence-electron chi connectivity index (χ1n) is 12.0. The molecule has 5 rings (SSSR count). The van der Waals surface area contributed by atoms with Crippen LogP contribution in [0, 0.1) is 5.92 Å². The lowest BCUT2D eigenvalue weighted by Crippen LogP contribution is -2.50. The van der Waals surface area contributed by atoms with Gasteiger partial charge in [-0.3, -0.25) is 9.89 Å². The van der Waals surface area contributed by atoms with E-state index in [1.165, 1.54) is 37.9 Å². The number of nitrogens with one attached hydrogen (secondary N) is 1. The molecule has 3 heterocycles. The van der Waals surface area contributed by atoms with Crippen LogP contribution < -0.4 is 5.32 Å². The maximum atomic E-state index is 6.18. The molecule has 3 atom stereocenters. The van der Waals surface area contributed by atoms with Gasteiger partial charge in [0.1, 0.15) is 0 Å². The number of hydrogen-bond donors (Lipinski definition) is 1. The second kappa shape index (κ2) is 9.25. The van der Waals surface area contributed by atoms with Crippen LogP contribution in [0.15, 0.2) is 35.3 Å². The van der Waals surface area contributed by atoms with Crippen LogP contribution in [0.1, 0.15) is 31.7 Å². The fourth-order valence-electron chi connectivity index (χ4n) is 5.37. The third kappa shape index (κ3) is 4.66. The van der Waals surface area contributed by atoms with E-state index in [2.05, 4.69) is 57.3 Å². The third-order valence-electron chi connectivity index (χ3n) is 7.16. The van der Waals surface area contributed by atoms with Crippen LogP contribution in [0.4, 0.5) is 0 Å². The number of morpholine rings is 1. The van der Waals surface area contributed by atoms with Crippen LogP contribution in [-0.4, -0.2) is 91.3 Å². The van der Waals surface area contributed by atoms with Gasteiger partial charge in [0, 0.05) is 51.9 Å². The minimum atomic E-state index is 0.281. The molecule has 0 radical (unpaired) electrons. The highest BCUT2D eigenvalue weighted by Gasteiger charge is 2.41. The summed E-state index contributed by atoms with van der Waals surface area (Å²) in [5.74, 6) is 1.80. The standard InChI is InChI=1S/C24H37N5O/c1-2-25-24(26-14-20-10-11-27(16-20)21-8-9-21)29-17-22-23(18-29)30-13-12-28(22)15-19-6-4-3-5-7-19/h3-7,20-23H,2,8-18H2,1H3,(H,25,26). The van der Waals surface area contributed by atoms with Gasteiger partial charge in [-0.15, -0.1) is 0 Å². The Morgan fingerprint density at radius 1 is 1.10 bits per heavy atom. The van der Waals surface area contributed by atoms with E-state index in [0.717, 1.165) is 63.8 Å². The van der Waals surface area contributed by atoms with E-state index in [1.54, 1.807) is 0 Å². The molecule has 0 bridgehead atoms. The van der Waals surface area contributed by atoms with E-state index in [0.29, 0.717) is 6.04 Å². The summed E-state index contributed by atoms with van der Waals surface area (Å²) < 4.78 is 6.18. The number of fused-ring (bicyclic) bond motifs is 1. The zero-order chi connectivity index (χ0) is 20.3. The molecule has 1 aromatic rings. The van der Waals surface area contributed by atoms with Gasteiger partial charge >= 0.3 is 0 Å². The number of guanidine groups is 1. The molecule has 1 N–H and O–H groups in total. The molecule has 3 unspecified atom stereocenters. The van der Waals surface area contributed by atoms with E-state index in [4.69, 9.17) is 9.73 Å². The van der Waals surface area contributed by atoms with E-state index in [-0.39, 0.29) is 6.10 Å². The molecule has 3 saturated heterocycles. The Bertz CT molecular complexity index is 722. The maximum absolute atomic E-state index is 6.18. The zero-order valence-electron chi connectivity index (χ0n) is 18.4. The molecule has 0 amide bonds. The molecule has 1 aromatic carbocycles. The molecule has 164 valence electrons. The van der Waals surface area contributed by atoms with Gasteiger partial charge in [-0.1, -0.05) is 30.3 Å². The number of aliphatic imine (C=N–C) groups is 1. The molecular weight excluding hydrogens is 374 g/mol. The lowest BCUT2D eigenvalue weighted by atomic mass is 10.1. The summed E-state index contributed by atoms with van der Waals surface area (Å²) in [5.41, 5.74) is 1.39. The van der Waals surface area contributed by atoms with Crippen molar-refractivity contribution in [1.29, 1.82) is 0 Å². The third-order valence-corrected chi connectivity index (χ3v) is 7.16. The predicted molar refractivity (Wildman–Crippen MR) is 121 cm³/mol. The smallest absolute Gasteiger partial charge is 0.194 e. The van der Waals surface area contributed by atoms with Crippen molar-refractivity contribution >= 4 is 5.96 Å². The molecule has 0 aromatic heterocycles. The molecule has 6 nitrogen and oxygen atoms in total. The highest BCUT2D eigenvalue weighted by atomic mass is 16.5.